The van der Waals surface area contributed by atoms with E-state index in [-0.39, 0.29) is 11.9 Å². The van der Waals surface area contributed by atoms with Crippen molar-refractivity contribution >= 4 is 17.6 Å². The Labute approximate surface area is 130 Å². The number of carbonyl (C=O) groups excluding carboxylic acids is 2. The van der Waals surface area contributed by atoms with E-state index in [4.69, 9.17) is 0 Å². The van der Waals surface area contributed by atoms with E-state index >= 15 is 0 Å². The lowest BCUT2D eigenvalue weighted by atomic mass is 10.1. The Morgan fingerprint density at radius 2 is 2.23 bits per heavy atom. The lowest BCUT2D eigenvalue weighted by Gasteiger charge is -2.27. The second-order valence-corrected chi connectivity index (χ2v) is 5.79. The van der Waals surface area contributed by atoms with Crippen molar-refractivity contribution < 1.29 is 9.59 Å². The molecule has 2 aliphatic rings. The van der Waals surface area contributed by atoms with Gasteiger partial charge in [-0.2, -0.15) is 0 Å². The molecule has 22 heavy (non-hydrogen) atoms. The SMILES string of the molecule is O=C(NCC1CCCN1)c1cccc(N2CCCNC2=O)c1. The van der Waals surface area contributed by atoms with Crippen LogP contribution in [-0.4, -0.2) is 44.2 Å². The van der Waals surface area contributed by atoms with Crippen molar-refractivity contribution in [2.45, 2.75) is 25.3 Å². The molecule has 3 rings (SSSR count). The van der Waals surface area contributed by atoms with Crippen molar-refractivity contribution in [1.29, 1.82) is 0 Å². The zero-order valence-electron chi connectivity index (χ0n) is 12.6. The van der Waals surface area contributed by atoms with Crippen LogP contribution in [0.2, 0.25) is 0 Å². The third kappa shape index (κ3) is 3.39. The number of nitrogens with one attached hydrogen (secondary N) is 3. The van der Waals surface area contributed by atoms with Crippen molar-refractivity contribution in [3.8, 4) is 0 Å². The van der Waals surface area contributed by atoms with Crippen LogP contribution in [0.4, 0.5) is 10.5 Å². The van der Waals surface area contributed by atoms with Crippen molar-refractivity contribution in [1.82, 2.24) is 16.0 Å². The molecule has 0 radical (unpaired) electrons. The maximum atomic E-state index is 12.3. The molecule has 1 unspecified atom stereocenters. The number of rotatable bonds is 4. The summed E-state index contributed by atoms with van der Waals surface area (Å²) in [7, 11) is 0. The summed E-state index contributed by atoms with van der Waals surface area (Å²) in [4.78, 5) is 25.8. The average molecular weight is 302 g/mol. The third-order valence-electron chi connectivity index (χ3n) is 4.17. The van der Waals surface area contributed by atoms with E-state index in [0.717, 1.165) is 25.1 Å². The summed E-state index contributed by atoms with van der Waals surface area (Å²) in [6.45, 7) is 3.07. The maximum absolute atomic E-state index is 12.3. The van der Waals surface area contributed by atoms with Gasteiger partial charge in [0, 0.05) is 36.9 Å². The molecule has 2 fully saturated rings. The molecule has 0 spiro atoms. The molecule has 1 aromatic rings. The van der Waals surface area contributed by atoms with Crippen molar-refractivity contribution in [3.05, 3.63) is 29.8 Å². The monoisotopic (exact) mass is 302 g/mol. The van der Waals surface area contributed by atoms with Gasteiger partial charge in [-0.25, -0.2) is 4.79 Å². The fraction of sp³-hybridized carbons (Fsp3) is 0.500. The number of amides is 3. The minimum atomic E-state index is -0.0982. The van der Waals surface area contributed by atoms with Gasteiger partial charge in [0.2, 0.25) is 0 Å². The second-order valence-electron chi connectivity index (χ2n) is 5.79. The Hall–Kier alpha value is -2.08. The first kappa shape index (κ1) is 14.8. The average Bonchev–Trinajstić information content (AvgIpc) is 3.06. The quantitative estimate of drug-likeness (QED) is 0.779. The number of hydrogen-bond acceptors (Lipinski definition) is 3. The Morgan fingerprint density at radius 3 is 3.00 bits per heavy atom. The summed E-state index contributed by atoms with van der Waals surface area (Å²) in [5, 5.41) is 9.14. The molecule has 0 bridgehead atoms. The molecular formula is C16H22N4O2. The van der Waals surface area contributed by atoms with Crippen LogP contribution >= 0.6 is 0 Å². The topological polar surface area (TPSA) is 73.5 Å². The highest BCUT2D eigenvalue weighted by Gasteiger charge is 2.20. The summed E-state index contributed by atoms with van der Waals surface area (Å²) in [5.41, 5.74) is 1.36. The maximum Gasteiger partial charge on any atom is 0.321 e. The molecular weight excluding hydrogens is 280 g/mol. The van der Waals surface area contributed by atoms with Gasteiger partial charge in [-0.05, 0) is 44.0 Å². The summed E-state index contributed by atoms with van der Waals surface area (Å²) >= 11 is 0. The van der Waals surface area contributed by atoms with E-state index in [1.807, 2.05) is 12.1 Å². The third-order valence-corrected chi connectivity index (χ3v) is 4.17. The van der Waals surface area contributed by atoms with E-state index < -0.39 is 0 Å². The van der Waals surface area contributed by atoms with Crippen LogP contribution in [0.15, 0.2) is 24.3 Å². The predicted molar refractivity (Wildman–Crippen MR) is 85.2 cm³/mol. The number of benzene rings is 1. The molecule has 6 heteroatoms. The Morgan fingerprint density at radius 1 is 1.32 bits per heavy atom. The van der Waals surface area contributed by atoms with Gasteiger partial charge in [-0.1, -0.05) is 6.07 Å². The lowest BCUT2D eigenvalue weighted by Crippen LogP contribution is -2.46. The first-order valence-electron chi connectivity index (χ1n) is 7.91. The van der Waals surface area contributed by atoms with Crippen LogP contribution < -0.4 is 20.9 Å². The van der Waals surface area contributed by atoms with Crippen LogP contribution in [0, 0.1) is 0 Å². The van der Waals surface area contributed by atoms with Gasteiger partial charge in [0.15, 0.2) is 0 Å². The van der Waals surface area contributed by atoms with Crippen molar-refractivity contribution in [3.63, 3.8) is 0 Å². The Bertz CT molecular complexity index is 555. The molecule has 1 aromatic carbocycles. The van der Waals surface area contributed by atoms with Crippen molar-refractivity contribution in [2.24, 2.45) is 0 Å². The smallest absolute Gasteiger partial charge is 0.321 e. The standard InChI is InChI=1S/C16H22N4O2/c21-15(19-11-13-5-2-7-17-13)12-4-1-6-14(10-12)20-9-3-8-18-16(20)22/h1,4,6,10,13,17H,2-3,5,7-9,11H2,(H,18,22)(H,19,21). The molecule has 0 aliphatic carbocycles. The number of nitrogens with zero attached hydrogens (tertiary/aromatic N) is 1. The molecule has 3 N–H and O–H groups in total. The van der Waals surface area contributed by atoms with Gasteiger partial charge in [0.25, 0.3) is 5.91 Å². The normalized spacial score (nSPS) is 21.5. The fourth-order valence-electron chi connectivity index (χ4n) is 2.94. The highest BCUT2D eigenvalue weighted by Crippen LogP contribution is 2.18. The molecule has 1 atom stereocenters. The predicted octanol–water partition coefficient (Wildman–Crippen LogP) is 1.09. The van der Waals surface area contributed by atoms with Gasteiger partial charge in [-0.3, -0.25) is 9.69 Å². The van der Waals surface area contributed by atoms with Crippen LogP contribution in [-0.2, 0) is 0 Å². The summed E-state index contributed by atoms with van der Waals surface area (Å²) in [6.07, 6.45) is 3.18. The summed E-state index contributed by atoms with van der Waals surface area (Å²) in [5.74, 6) is -0.0898. The van der Waals surface area contributed by atoms with Gasteiger partial charge < -0.3 is 16.0 Å². The van der Waals surface area contributed by atoms with Gasteiger partial charge in [0.05, 0.1) is 0 Å². The second kappa shape index (κ2) is 6.79. The zero-order chi connectivity index (χ0) is 15.4. The van der Waals surface area contributed by atoms with E-state index in [2.05, 4.69) is 16.0 Å². The minimum absolute atomic E-state index is 0.0898. The van der Waals surface area contributed by atoms with Gasteiger partial charge in [0.1, 0.15) is 0 Å². The van der Waals surface area contributed by atoms with E-state index in [0.29, 0.717) is 31.2 Å². The summed E-state index contributed by atoms with van der Waals surface area (Å²) in [6, 6.07) is 7.52. The van der Waals surface area contributed by atoms with Crippen LogP contribution in [0.3, 0.4) is 0 Å². The zero-order valence-corrected chi connectivity index (χ0v) is 12.6. The molecule has 0 saturated carbocycles. The molecule has 118 valence electrons. The Kier molecular flexibility index (Phi) is 4.58. The van der Waals surface area contributed by atoms with Crippen LogP contribution in [0.25, 0.3) is 0 Å². The van der Waals surface area contributed by atoms with Gasteiger partial charge >= 0.3 is 6.03 Å². The first-order chi connectivity index (χ1) is 10.7. The number of carbonyl (C=O) groups is 2. The number of urea groups is 1. The summed E-state index contributed by atoms with van der Waals surface area (Å²) < 4.78 is 0. The molecule has 2 aliphatic heterocycles. The largest absolute Gasteiger partial charge is 0.350 e. The van der Waals surface area contributed by atoms with E-state index in [9.17, 15) is 9.59 Å². The molecule has 2 saturated heterocycles. The van der Waals surface area contributed by atoms with Gasteiger partial charge in [-0.15, -0.1) is 0 Å². The highest BCUT2D eigenvalue weighted by molar-refractivity contribution is 5.97. The Balaban J connectivity index is 1.64. The minimum Gasteiger partial charge on any atom is -0.350 e. The van der Waals surface area contributed by atoms with Crippen molar-refractivity contribution in [2.75, 3.05) is 31.1 Å². The fourth-order valence-corrected chi connectivity index (χ4v) is 2.94. The highest BCUT2D eigenvalue weighted by atomic mass is 16.2. The van der Waals surface area contributed by atoms with E-state index in [1.165, 1.54) is 6.42 Å². The molecule has 2 heterocycles. The number of anilines is 1. The first-order valence-corrected chi connectivity index (χ1v) is 7.91. The molecule has 0 aromatic heterocycles. The van der Waals surface area contributed by atoms with Crippen LogP contribution in [0.5, 0.6) is 0 Å². The molecule has 6 nitrogen and oxygen atoms in total. The molecule has 3 amide bonds. The van der Waals surface area contributed by atoms with Crippen LogP contribution in [0.1, 0.15) is 29.6 Å². The van der Waals surface area contributed by atoms with E-state index in [1.54, 1.807) is 17.0 Å². The number of hydrogen-bond donors (Lipinski definition) is 3. The lowest BCUT2D eigenvalue weighted by molar-refractivity contribution is 0.0950.